The molecule has 2 fully saturated rings. The number of ether oxygens (including phenoxy) is 2. The van der Waals surface area contributed by atoms with Crippen molar-refractivity contribution in [3.8, 4) is 17.6 Å². The van der Waals surface area contributed by atoms with E-state index in [2.05, 4.69) is 35.4 Å². The summed E-state index contributed by atoms with van der Waals surface area (Å²) in [5, 5.41) is 20.2. The number of methoxy groups -OCH3 is 1. The van der Waals surface area contributed by atoms with Crippen LogP contribution in [-0.4, -0.2) is 40.6 Å². The Morgan fingerprint density at radius 3 is 2.94 bits per heavy atom. The van der Waals surface area contributed by atoms with Gasteiger partial charge in [-0.05, 0) is 49.6 Å². The Balaban J connectivity index is 1.40. The van der Waals surface area contributed by atoms with Gasteiger partial charge in [0.1, 0.15) is 23.4 Å². The standard InChI is InChI=1S/C25H25N5O2/c1-14-7-22(31-2)20(19-5-6-27-23(14)19)13-30-12-16-4-3-15(10-26)25(24(16)29-30)32-21-9-18-8-17(21)11-28-18/h3-7,12,17-18,21,27-28H,8-9,11,13H2,1-2H3/t17-,18-,21+/m0/s1. The fraction of sp³-hybridized carbons (Fsp3) is 0.360. The molecule has 1 aliphatic heterocycles. The number of H-pyrrole nitrogens is 1. The summed E-state index contributed by atoms with van der Waals surface area (Å²) in [6, 6.07) is 10.8. The molecule has 3 atom stereocenters. The predicted octanol–water partition coefficient (Wildman–Crippen LogP) is 3.88. The van der Waals surface area contributed by atoms with Gasteiger partial charge in [0.2, 0.25) is 0 Å². The zero-order valence-corrected chi connectivity index (χ0v) is 18.2. The number of nitriles is 1. The molecule has 2 bridgehead atoms. The van der Waals surface area contributed by atoms with Crippen LogP contribution in [0.4, 0.5) is 0 Å². The summed E-state index contributed by atoms with van der Waals surface area (Å²) in [4.78, 5) is 3.32. The number of benzene rings is 2. The second-order valence-corrected chi connectivity index (χ2v) is 8.95. The molecule has 0 amide bonds. The zero-order valence-electron chi connectivity index (χ0n) is 18.2. The van der Waals surface area contributed by atoms with Gasteiger partial charge in [0.05, 0.1) is 19.2 Å². The highest BCUT2D eigenvalue weighted by Gasteiger charge is 2.41. The second kappa shape index (κ2) is 7.28. The van der Waals surface area contributed by atoms with Crippen molar-refractivity contribution in [3.05, 3.63) is 53.3 Å². The molecular weight excluding hydrogens is 402 g/mol. The third kappa shape index (κ3) is 2.94. The first-order chi connectivity index (χ1) is 15.6. The van der Waals surface area contributed by atoms with Crippen LogP contribution in [0, 0.1) is 24.2 Å². The number of nitrogens with zero attached hydrogens (tertiary/aromatic N) is 3. The predicted molar refractivity (Wildman–Crippen MR) is 122 cm³/mol. The Bertz CT molecular complexity index is 1380. The number of piperidine rings is 1. The van der Waals surface area contributed by atoms with Gasteiger partial charge in [-0.2, -0.15) is 10.4 Å². The lowest BCUT2D eigenvalue weighted by Gasteiger charge is -2.24. The van der Waals surface area contributed by atoms with E-state index >= 15 is 0 Å². The van der Waals surface area contributed by atoms with Crippen molar-refractivity contribution in [1.29, 1.82) is 5.26 Å². The quantitative estimate of drug-likeness (QED) is 0.505. The zero-order chi connectivity index (χ0) is 21.8. The van der Waals surface area contributed by atoms with Crippen LogP contribution in [0.2, 0.25) is 0 Å². The number of fused-ring (bicyclic) bond motifs is 4. The molecule has 7 nitrogen and oxygen atoms in total. The number of aryl methyl sites for hydroxylation is 1. The third-order valence-electron chi connectivity index (χ3n) is 7.02. The molecule has 2 aliphatic rings. The minimum absolute atomic E-state index is 0.140. The van der Waals surface area contributed by atoms with Crippen molar-refractivity contribution in [1.82, 2.24) is 20.1 Å². The molecule has 7 heteroatoms. The van der Waals surface area contributed by atoms with Crippen molar-refractivity contribution in [2.24, 2.45) is 5.92 Å². The van der Waals surface area contributed by atoms with Gasteiger partial charge in [-0.3, -0.25) is 4.68 Å². The average molecular weight is 428 g/mol. The molecule has 2 aromatic carbocycles. The lowest BCUT2D eigenvalue weighted by Crippen LogP contribution is -2.35. The van der Waals surface area contributed by atoms with Gasteiger partial charge < -0.3 is 19.8 Å². The molecule has 1 saturated heterocycles. The van der Waals surface area contributed by atoms with Crippen molar-refractivity contribution >= 4 is 21.8 Å². The Morgan fingerprint density at radius 1 is 1.28 bits per heavy atom. The maximum absolute atomic E-state index is 9.72. The van der Waals surface area contributed by atoms with Crippen molar-refractivity contribution in [2.45, 2.75) is 38.5 Å². The van der Waals surface area contributed by atoms with E-state index in [1.54, 1.807) is 7.11 Å². The second-order valence-electron chi connectivity index (χ2n) is 8.95. The third-order valence-corrected chi connectivity index (χ3v) is 7.02. The van der Waals surface area contributed by atoms with Crippen LogP contribution < -0.4 is 14.8 Å². The number of aromatic nitrogens is 3. The van der Waals surface area contributed by atoms with Crippen LogP contribution in [0.25, 0.3) is 21.8 Å². The number of rotatable bonds is 5. The number of hydrogen-bond donors (Lipinski definition) is 2. The van der Waals surface area contributed by atoms with Gasteiger partial charge in [0, 0.05) is 52.8 Å². The summed E-state index contributed by atoms with van der Waals surface area (Å²) in [7, 11) is 1.70. The highest BCUT2D eigenvalue weighted by Crippen LogP contribution is 2.38. The van der Waals surface area contributed by atoms with E-state index in [0.29, 0.717) is 29.8 Å². The van der Waals surface area contributed by atoms with Gasteiger partial charge in [-0.15, -0.1) is 0 Å². The first-order valence-electron chi connectivity index (χ1n) is 11.1. The first-order valence-corrected chi connectivity index (χ1v) is 11.1. The molecule has 162 valence electrons. The van der Waals surface area contributed by atoms with Gasteiger partial charge >= 0.3 is 0 Å². The number of nitrogens with one attached hydrogen (secondary N) is 2. The Kier molecular flexibility index (Phi) is 4.37. The fourth-order valence-electron chi connectivity index (χ4n) is 5.42. The van der Waals surface area contributed by atoms with Gasteiger partial charge in [0.15, 0.2) is 5.75 Å². The summed E-state index contributed by atoms with van der Waals surface area (Å²) in [5.74, 6) is 1.96. The lowest BCUT2D eigenvalue weighted by atomic mass is 10.0. The van der Waals surface area contributed by atoms with E-state index in [0.717, 1.165) is 58.1 Å². The molecule has 1 aliphatic carbocycles. The van der Waals surface area contributed by atoms with Crippen LogP contribution in [-0.2, 0) is 6.54 Å². The van der Waals surface area contributed by atoms with Gasteiger partial charge in [0.25, 0.3) is 0 Å². The molecule has 2 aromatic heterocycles. The molecule has 2 N–H and O–H groups in total. The summed E-state index contributed by atoms with van der Waals surface area (Å²) >= 11 is 0. The summed E-state index contributed by atoms with van der Waals surface area (Å²) in [6.45, 7) is 3.62. The monoisotopic (exact) mass is 427 g/mol. The molecular formula is C25H25N5O2. The van der Waals surface area contributed by atoms with Crippen molar-refractivity contribution in [2.75, 3.05) is 13.7 Å². The number of aromatic amines is 1. The topological polar surface area (TPSA) is 87.9 Å². The molecule has 1 saturated carbocycles. The molecule has 6 rings (SSSR count). The lowest BCUT2D eigenvalue weighted by molar-refractivity contribution is 0.147. The summed E-state index contributed by atoms with van der Waals surface area (Å²) in [5.41, 5.74) is 4.61. The van der Waals surface area contributed by atoms with Crippen LogP contribution in [0.15, 0.2) is 36.7 Å². The molecule has 4 aromatic rings. The Labute approximate surface area is 185 Å². The summed E-state index contributed by atoms with van der Waals surface area (Å²) < 4.78 is 14.1. The molecule has 3 heterocycles. The maximum Gasteiger partial charge on any atom is 0.165 e. The largest absolute Gasteiger partial charge is 0.496 e. The molecule has 0 unspecified atom stereocenters. The molecule has 0 radical (unpaired) electrons. The maximum atomic E-state index is 9.72. The normalized spacial score (nSPS) is 22.0. The van der Waals surface area contributed by atoms with Gasteiger partial charge in [-0.25, -0.2) is 0 Å². The van der Waals surface area contributed by atoms with E-state index in [9.17, 15) is 5.26 Å². The highest BCUT2D eigenvalue weighted by molar-refractivity contribution is 5.89. The van der Waals surface area contributed by atoms with E-state index < -0.39 is 0 Å². The van der Waals surface area contributed by atoms with E-state index in [1.165, 1.54) is 0 Å². The highest BCUT2D eigenvalue weighted by atomic mass is 16.5. The smallest absolute Gasteiger partial charge is 0.165 e. The van der Waals surface area contributed by atoms with E-state index in [1.807, 2.05) is 29.2 Å². The average Bonchev–Trinajstić information content (AvgIpc) is 3.59. The minimum atomic E-state index is 0.140. The van der Waals surface area contributed by atoms with Crippen LogP contribution in [0.3, 0.4) is 0 Å². The van der Waals surface area contributed by atoms with Gasteiger partial charge in [-0.1, -0.05) is 0 Å². The SMILES string of the molecule is COc1cc(C)c2[nH]ccc2c1Cn1cc2ccc(C#N)c(O[C@@H]3C[C@@H]4C[C@H]3CN4)c2n1. The first kappa shape index (κ1) is 19.2. The Hall–Kier alpha value is -3.50. The minimum Gasteiger partial charge on any atom is -0.496 e. The van der Waals surface area contributed by atoms with Crippen LogP contribution in [0.5, 0.6) is 11.5 Å². The van der Waals surface area contributed by atoms with E-state index in [4.69, 9.17) is 14.6 Å². The fourth-order valence-corrected chi connectivity index (χ4v) is 5.42. The van der Waals surface area contributed by atoms with Crippen molar-refractivity contribution in [3.63, 3.8) is 0 Å². The van der Waals surface area contributed by atoms with Crippen LogP contribution in [0.1, 0.15) is 29.5 Å². The Morgan fingerprint density at radius 2 is 2.19 bits per heavy atom. The summed E-state index contributed by atoms with van der Waals surface area (Å²) in [6.07, 6.45) is 6.25. The molecule has 32 heavy (non-hydrogen) atoms. The number of hydrogen-bond acceptors (Lipinski definition) is 5. The van der Waals surface area contributed by atoms with E-state index in [-0.39, 0.29) is 6.10 Å². The van der Waals surface area contributed by atoms with Crippen LogP contribution >= 0.6 is 0 Å². The van der Waals surface area contributed by atoms with Crippen molar-refractivity contribution < 1.29 is 9.47 Å². The molecule has 0 spiro atoms.